The van der Waals surface area contributed by atoms with Crippen LogP contribution in [0.25, 0.3) is 0 Å². The first-order valence-corrected chi connectivity index (χ1v) is 7.93. The van der Waals surface area contributed by atoms with Crippen LogP contribution >= 0.6 is 0 Å². The zero-order chi connectivity index (χ0) is 20.7. The van der Waals surface area contributed by atoms with Gasteiger partial charge in [0.05, 0.1) is 5.41 Å². The molecule has 0 saturated carbocycles. The topological polar surface area (TPSA) is 116 Å². The van der Waals surface area contributed by atoms with Crippen molar-refractivity contribution in [2.75, 3.05) is 6.61 Å². The monoisotopic (exact) mass is 370 g/mol. The standard InChI is InChI=1S/C18H26O8/c1-11(19)25-13(15(21)22)14(26-12(2)20)16(23)24-10-18(6,7)9-8-17(3,4)5/h13-14H,10H2,1-7H3,(H,21,22)/t13-,14-/m1/s1. The number of esters is 3. The Kier molecular flexibility index (Phi) is 8.32. The molecule has 0 aliphatic carbocycles. The van der Waals surface area contributed by atoms with Gasteiger partial charge in [0.1, 0.15) is 6.61 Å². The SMILES string of the molecule is CC(=O)O[C@@H](C(=O)O)[C@@H](OC(C)=O)C(=O)OCC(C)(C)C#CC(C)(C)C. The number of carbonyl (C=O) groups excluding carboxylic acids is 3. The van der Waals surface area contributed by atoms with Crippen molar-refractivity contribution in [2.24, 2.45) is 10.8 Å². The predicted octanol–water partition coefficient (Wildman–Crippen LogP) is 1.55. The fraction of sp³-hybridized carbons (Fsp3) is 0.667. The molecule has 0 fully saturated rings. The minimum absolute atomic E-state index is 0.168. The quantitative estimate of drug-likeness (QED) is 0.408. The molecule has 0 aliphatic rings. The van der Waals surface area contributed by atoms with Gasteiger partial charge >= 0.3 is 23.9 Å². The van der Waals surface area contributed by atoms with Crippen LogP contribution in [0.4, 0.5) is 0 Å². The molecule has 0 aliphatic heterocycles. The Morgan fingerprint density at radius 2 is 1.35 bits per heavy atom. The average molecular weight is 370 g/mol. The van der Waals surface area contributed by atoms with Gasteiger partial charge in [0.15, 0.2) is 0 Å². The van der Waals surface area contributed by atoms with E-state index in [2.05, 4.69) is 16.6 Å². The summed E-state index contributed by atoms with van der Waals surface area (Å²) in [5.41, 5.74) is -0.963. The van der Waals surface area contributed by atoms with E-state index in [9.17, 15) is 19.2 Å². The smallest absolute Gasteiger partial charge is 0.352 e. The molecule has 1 N–H and O–H groups in total. The molecule has 0 spiro atoms. The Labute approximate surface area is 153 Å². The van der Waals surface area contributed by atoms with Gasteiger partial charge in [-0.2, -0.15) is 0 Å². The van der Waals surface area contributed by atoms with E-state index in [-0.39, 0.29) is 12.0 Å². The van der Waals surface area contributed by atoms with Gasteiger partial charge in [-0.25, -0.2) is 9.59 Å². The van der Waals surface area contributed by atoms with Crippen LogP contribution < -0.4 is 0 Å². The summed E-state index contributed by atoms with van der Waals surface area (Å²) in [6, 6.07) is 0. The first-order chi connectivity index (χ1) is 11.6. The molecule has 0 radical (unpaired) electrons. The lowest BCUT2D eigenvalue weighted by Crippen LogP contribution is -2.46. The molecule has 0 aromatic rings. The lowest BCUT2D eigenvalue weighted by Gasteiger charge is -2.24. The third-order valence-corrected chi connectivity index (χ3v) is 2.69. The van der Waals surface area contributed by atoms with E-state index in [0.29, 0.717) is 0 Å². The van der Waals surface area contributed by atoms with Crippen molar-refractivity contribution in [3.8, 4) is 11.8 Å². The molecule has 0 saturated heterocycles. The lowest BCUT2D eigenvalue weighted by molar-refractivity contribution is -0.189. The van der Waals surface area contributed by atoms with Crippen LogP contribution in [0.3, 0.4) is 0 Å². The van der Waals surface area contributed by atoms with Crippen molar-refractivity contribution >= 4 is 23.9 Å². The number of rotatable bonds is 7. The predicted molar refractivity (Wildman–Crippen MR) is 90.7 cm³/mol. The minimum atomic E-state index is -2.01. The number of ether oxygens (including phenoxy) is 3. The third-order valence-electron chi connectivity index (χ3n) is 2.69. The molecule has 0 amide bonds. The summed E-state index contributed by atoms with van der Waals surface area (Å²) < 4.78 is 14.4. The second-order valence-electron chi connectivity index (χ2n) is 7.39. The molecular weight excluding hydrogens is 344 g/mol. The molecule has 26 heavy (non-hydrogen) atoms. The van der Waals surface area contributed by atoms with Crippen molar-refractivity contribution in [2.45, 2.75) is 60.7 Å². The van der Waals surface area contributed by atoms with Gasteiger partial charge in [-0.05, 0) is 34.6 Å². The van der Waals surface area contributed by atoms with Crippen LogP contribution in [0.1, 0.15) is 48.5 Å². The van der Waals surface area contributed by atoms with Crippen LogP contribution in [-0.2, 0) is 33.4 Å². The lowest BCUT2D eigenvalue weighted by atomic mass is 9.91. The number of aliphatic carboxylic acids is 1. The maximum atomic E-state index is 12.3. The van der Waals surface area contributed by atoms with E-state index < -0.39 is 41.5 Å². The summed E-state index contributed by atoms with van der Waals surface area (Å²) in [5.74, 6) is 1.36. The van der Waals surface area contributed by atoms with Crippen LogP contribution in [0.2, 0.25) is 0 Å². The van der Waals surface area contributed by atoms with Crippen LogP contribution in [0.5, 0.6) is 0 Å². The maximum Gasteiger partial charge on any atom is 0.352 e. The highest BCUT2D eigenvalue weighted by atomic mass is 16.6. The Hall–Kier alpha value is -2.56. The summed E-state index contributed by atoms with van der Waals surface area (Å²) >= 11 is 0. The molecule has 8 heteroatoms. The molecule has 0 aromatic carbocycles. The summed E-state index contributed by atoms with van der Waals surface area (Å²) in [6.45, 7) is 11.0. The van der Waals surface area contributed by atoms with Crippen molar-refractivity contribution in [3.63, 3.8) is 0 Å². The van der Waals surface area contributed by atoms with Crippen molar-refractivity contribution in [3.05, 3.63) is 0 Å². The fourth-order valence-corrected chi connectivity index (χ4v) is 1.56. The largest absolute Gasteiger partial charge is 0.478 e. The van der Waals surface area contributed by atoms with E-state index in [1.54, 1.807) is 13.8 Å². The van der Waals surface area contributed by atoms with Crippen LogP contribution in [0, 0.1) is 22.7 Å². The number of carboxylic acids is 1. The molecule has 0 bridgehead atoms. The average Bonchev–Trinajstić information content (AvgIpc) is 2.45. The Morgan fingerprint density at radius 3 is 1.73 bits per heavy atom. The second kappa shape index (κ2) is 9.22. The molecule has 146 valence electrons. The molecule has 2 atom stereocenters. The number of carboxylic acid groups (broad SMARTS) is 1. The van der Waals surface area contributed by atoms with E-state index >= 15 is 0 Å². The Morgan fingerprint density at radius 1 is 0.885 bits per heavy atom. The highest BCUT2D eigenvalue weighted by molar-refractivity contribution is 5.88. The van der Waals surface area contributed by atoms with E-state index in [4.69, 9.17) is 14.6 Å². The molecular formula is C18H26O8. The van der Waals surface area contributed by atoms with Gasteiger partial charge in [-0.3, -0.25) is 9.59 Å². The normalized spacial score (nSPS) is 13.5. The van der Waals surface area contributed by atoms with E-state index in [1.165, 1.54) is 0 Å². The summed E-state index contributed by atoms with van der Waals surface area (Å²) in [7, 11) is 0. The van der Waals surface area contributed by atoms with Gasteiger partial charge in [-0.15, -0.1) is 0 Å². The fourth-order valence-electron chi connectivity index (χ4n) is 1.56. The summed E-state index contributed by atoms with van der Waals surface area (Å²) in [6.07, 6.45) is -3.92. The highest BCUT2D eigenvalue weighted by Crippen LogP contribution is 2.19. The van der Waals surface area contributed by atoms with Crippen LogP contribution in [0.15, 0.2) is 0 Å². The van der Waals surface area contributed by atoms with Crippen molar-refractivity contribution in [1.82, 2.24) is 0 Å². The minimum Gasteiger partial charge on any atom is -0.478 e. The summed E-state index contributed by atoms with van der Waals surface area (Å²) in [4.78, 5) is 45.8. The van der Waals surface area contributed by atoms with Gasteiger partial charge < -0.3 is 19.3 Å². The van der Waals surface area contributed by atoms with E-state index in [1.807, 2.05) is 20.8 Å². The second-order valence-corrected chi connectivity index (χ2v) is 7.39. The zero-order valence-electron chi connectivity index (χ0n) is 16.2. The molecule has 0 aromatic heterocycles. The Balaban J connectivity index is 5.30. The number of carbonyl (C=O) groups is 4. The van der Waals surface area contributed by atoms with Gasteiger partial charge in [0.2, 0.25) is 12.2 Å². The molecule has 0 unspecified atom stereocenters. The molecule has 8 nitrogen and oxygen atoms in total. The molecule has 0 rings (SSSR count). The van der Waals surface area contributed by atoms with Crippen molar-refractivity contribution in [1.29, 1.82) is 0 Å². The van der Waals surface area contributed by atoms with Gasteiger partial charge in [-0.1, -0.05) is 11.8 Å². The third kappa shape index (κ3) is 9.67. The first-order valence-electron chi connectivity index (χ1n) is 7.93. The van der Waals surface area contributed by atoms with Gasteiger partial charge in [0.25, 0.3) is 0 Å². The maximum absolute atomic E-state index is 12.3. The number of hydrogen-bond donors (Lipinski definition) is 1. The highest BCUT2D eigenvalue weighted by Gasteiger charge is 2.41. The summed E-state index contributed by atoms with van der Waals surface area (Å²) in [5, 5.41) is 9.16. The Bertz CT molecular complexity index is 615. The molecule has 0 heterocycles. The van der Waals surface area contributed by atoms with Crippen LogP contribution in [-0.4, -0.2) is 47.8 Å². The number of hydrogen-bond acceptors (Lipinski definition) is 7. The first kappa shape index (κ1) is 23.4. The van der Waals surface area contributed by atoms with Gasteiger partial charge in [0, 0.05) is 19.3 Å². The van der Waals surface area contributed by atoms with E-state index in [0.717, 1.165) is 13.8 Å². The zero-order valence-corrected chi connectivity index (χ0v) is 16.2. The van der Waals surface area contributed by atoms with Crippen molar-refractivity contribution < 1.29 is 38.5 Å².